The van der Waals surface area contributed by atoms with Gasteiger partial charge in [-0.2, -0.15) is 5.10 Å². The standard InChI is InChI=1S/C12H15N3O/c1-2-11(8-13-5-1)16-10-4-3-9-7-14-15-12(9)6-10/h3-4,6-7,11,13H,1-2,5,8H2,(H,14,15). The maximum absolute atomic E-state index is 5.92. The molecule has 4 heteroatoms. The molecule has 1 saturated heterocycles. The van der Waals surface area contributed by atoms with Gasteiger partial charge in [0, 0.05) is 18.0 Å². The minimum atomic E-state index is 0.300. The van der Waals surface area contributed by atoms with Crippen molar-refractivity contribution in [2.24, 2.45) is 0 Å². The molecular formula is C12H15N3O. The first-order chi connectivity index (χ1) is 7.92. The van der Waals surface area contributed by atoms with Crippen molar-refractivity contribution in [3.8, 4) is 5.75 Å². The van der Waals surface area contributed by atoms with Crippen molar-refractivity contribution in [1.82, 2.24) is 15.5 Å². The molecule has 2 heterocycles. The minimum absolute atomic E-state index is 0.300. The zero-order chi connectivity index (χ0) is 10.8. The highest BCUT2D eigenvalue weighted by atomic mass is 16.5. The van der Waals surface area contributed by atoms with Crippen LogP contribution in [-0.2, 0) is 0 Å². The van der Waals surface area contributed by atoms with Crippen LogP contribution in [0, 0.1) is 0 Å². The zero-order valence-corrected chi connectivity index (χ0v) is 9.07. The fourth-order valence-electron chi connectivity index (χ4n) is 2.10. The fraction of sp³-hybridized carbons (Fsp3) is 0.417. The average molecular weight is 217 g/mol. The van der Waals surface area contributed by atoms with Crippen LogP contribution in [0.2, 0.25) is 0 Å². The SMILES string of the molecule is c1cc2cn[nH]c2cc1OC1CCCNC1. The second-order valence-corrected chi connectivity index (χ2v) is 4.21. The van der Waals surface area contributed by atoms with E-state index < -0.39 is 0 Å². The summed E-state index contributed by atoms with van der Waals surface area (Å²) in [5, 5.41) is 11.4. The zero-order valence-electron chi connectivity index (χ0n) is 9.07. The van der Waals surface area contributed by atoms with Gasteiger partial charge in [-0.1, -0.05) is 0 Å². The molecule has 1 aromatic carbocycles. The number of H-pyrrole nitrogens is 1. The van der Waals surface area contributed by atoms with Gasteiger partial charge in [-0.15, -0.1) is 0 Å². The van der Waals surface area contributed by atoms with E-state index >= 15 is 0 Å². The Morgan fingerprint density at radius 1 is 1.38 bits per heavy atom. The maximum atomic E-state index is 5.92. The van der Waals surface area contributed by atoms with Crippen LogP contribution in [-0.4, -0.2) is 29.4 Å². The summed E-state index contributed by atoms with van der Waals surface area (Å²) in [4.78, 5) is 0. The third kappa shape index (κ3) is 1.88. The molecule has 84 valence electrons. The highest BCUT2D eigenvalue weighted by Crippen LogP contribution is 2.20. The smallest absolute Gasteiger partial charge is 0.121 e. The van der Waals surface area contributed by atoms with Crippen molar-refractivity contribution in [1.29, 1.82) is 0 Å². The van der Waals surface area contributed by atoms with E-state index in [1.807, 2.05) is 24.4 Å². The number of piperidine rings is 1. The van der Waals surface area contributed by atoms with Crippen LogP contribution in [0.5, 0.6) is 5.75 Å². The molecule has 1 unspecified atom stereocenters. The number of benzene rings is 1. The molecule has 0 bridgehead atoms. The molecule has 1 atom stereocenters. The lowest BCUT2D eigenvalue weighted by atomic mass is 10.1. The van der Waals surface area contributed by atoms with Gasteiger partial charge in [-0.25, -0.2) is 0 Å². The molecule has 1 fully saturated rings. The number of hydrogen-bond acceptors (Lipinski definition) is 3. The van der Waals surface area contributed by atoms with Crippen molar-refractivity contribution >= 4 is 10.9 Å². The molecule has 0 amide bonds. The lowest BCUT2D eigenvalue weighted by Crippen LogP contribution is -2.37. The molecule has 16 heavy (non-hydrogen) atoms. The summed E-state index contributed by atoms with van der Waals surface area (Å²) in [6, 6.07) is 6.05. The van der Waals surface area contributed by atoms with Crippen molar-refractivity contribution in [3.05, 3.63) is 24.4 Å². The molecule has 2 aromatic rings. The highest BCUT2D eigenvalue weighted by Gasteiger charge is 2.14. The predicted molar refractivity (Wildman–Crippen MR) is 62.6 cm³/mol. The molecule has 0 radical (unpaired) electrons. The van der Waals surface area contributed by atoms with E-state index in [1.165, 1.54) is 6.42 Å². The lowest BCUT2D eigenvalue weighted by molar-refractivity contribution is 0.167. The number of fused-ring (bicyclic) bond motifs is 1. The lowest BCUT2D eigenvalue weighted by Gasteiger charge is -2.23. The Labute approximate surface area is 94.0 Å². The Bertz CT molecular complexity index is 474. The first kappa shape index (κ1) is 9.66. The van der Waals surface area contributed by atoms with Gasteiger partial charge >= 0.3 is 0 Å². The molecule has 1 aliphatic rings. The van der Waals surface area contributed by atoms with E-state index in [9.17, 15) is 0 Å². The second-order valence-electron chi connectivity index (χ2n) is 4.21. The number of nitrogens with zero attached hydrogens (tertiary/aromatic N) is 1. The van der Waals surface area contributed by atoms with E-state index in [1.54, 1.807) is 0 Å². The van der Waals surface area contributed by atoms with Crippen molar-refractivity contribution in [3.63, 3.8) is 0 Å². The Morgan fingerprint density at radius 2 is 2.38 bits per heavy atom. The van der Waals surface area contributed by atoms with Gasteiger partial charge < -0.3 is 10.1 Å². The van der Waals surface area contributed by atoms with E-state index in [-0.39, 0.29) is 0 Å². The highest BCUT2D eigenvalue weighted by molar-refractivity contribution is 5.79. The van der Waals surface area contributed by atoms with Crippen LogP contribution in [0.4, 0.5) is 0 Å². The van der Waals surface area contributed by atoms with E-state index in [0.717, 1.165) is 36.2 Å². The predicted octanol–water partition coefficient (Wildman–Crippen LogP) is 1.69. The van der Waals surface area contributed by atoms with Gasteiger partial charge in [0.15, 0.2) is 0 Å². The summed E-state index contributed by atoms with van der Waals surface area (Å²) in [6.07, 6.45) is 4.45. The van der Waals surface area contributed by atoms with Crippen LogP contribution in [0.3, 0.4) is 0 Å². The Kier molecular flexibility index (Phi) is 2.50. The Balaban J connectivity index is 1.77. The Hall–Kier alpha value is -1.55. The molecule has 3 rings (SSSR count). The molecule has 2 N–H and O–H groups in total. The van der Waals surface area contributed by atoms with Crippen LogP contribution in [0.15, 0.2) is 24.4 Å². The number of rotatable bonds is 2. The summed E-state index contributed by atoms with van der Waals surface area (Å²) >= 11 is 0. The quantitative estimate of drug-likeness (QED) is 0.805. The number of aromatic nitrogens is 2. The largest absolute Gasteiger partial charge is 0.489 e. The number of aromatic amines is 1. The minimum Gasteiger partial charge on any atom is -0.489 e. The van der Waals surface area contributed by atoms with Gasteiger partial charge in [-0.3, -0.25) is 5.10 Å². The molecule has 0 aliphatic carbocycles. The van der Waals surface area contributed by atoms with Crippen molar-refractivity contribution < 1.29 is 4.74 Å². The summed E-state index contributed by atoms with van der Waals surface area (Å²) in [5.74, 6) is 0.922. The number of nitrogens with one attached hydrogen (secondary N) is 2. The molecule has 1 aromatic heterocycles. The molecule has 4 nitrogen and oxygen atoms in total. The molecule has 0 saturated carbocycles. The van der Waals surface area contributed by atoms with Crippen LogP contribution in [0.1, 0.15) is 12.8 Å². The second kappa shape index (κ2) is 4.14. The van der Waals surface area contributed by atoms with Gasteiger partial charge in [0.25, 0.3) is 0 Å². The molecule has 0 spiro atoms. The van der Waals surface area contributed by atoms with Gasteiger partial charge in [0.1, 0.15) is 11.9 Å². The summed E-state index contributed by atoms with van der Waals surface area (Å²) in [5.41, 5.74) is 1.03. The monoisotopic (exact) mass is 217 g/mol. The first-order valence-electron chi connectivity index (χ1n) is 5.72. The number of hydrogen-bond donors (Lipinski definition) is 2. The molecular weight excluding hydrogens is 202 g/mol. The maximum Gasteiger partial charge on any atom is 0.121 e. The summed E-state index contributed by atoms with van der Waals surface area (Å²) in [6.45, 7) is 2.06. The fourth-order valence-corrected chi connectivity index (χ4v) is 2.10. The van der Waals surface area contributed by atoms with Crippen molar-refractivity contribution in [2.75, 3.05) is 13.1 Å². The van der Waals surface area contributed by atoms with Crippen LogP contribution in [0.25, 0.3) is 10.9 Å². The topological polar surface area (TPSA) is 49.9 Å². The van der Waals surface area contributed by atoms with Gasteiger partial charge in [0.2, 0.25) is 0 Å². The first-order valence-corrected chi connectivity index (χ1v) is 5.72. The summed E-state index contributed by atoms with van der Waals surface area (Å²) in [7, 11) is 0. The van der Waals surface area contributed by atoms with E-state index in [0.29, 0.717) is 6.10 Å². The normalized spacial score (nSPS) is 21.1. The average Bonchev–Trinajstić information content (AvgIpc) is 2.77. The Morgan fingerprint density at radius 3 is 3.25 bits per heavy atom. The third-order valence-electron chi connectivity index (χ3n) is 2.97. The van der Waals surface area contributed by atoms with Crippen molar-refractivity contribution in [2.45, 2.75) is 18.9 Å². The van der Waals surface area contributed by atoms with Crippen LogP contribution >= 0.6 is 0 Å². The molecule has 1 aliphatic heterocycles. The summed E-state index contributed by atoms with van der Waals surface area (Å²) < 4.78 is 5.92. The van der Waals surface area contributed by atoms with Gasteiger partial charge in [-0.05, 0) is 31.5 Å². The number of ether oxygens (including phenoxy) is 1. The van der Waals surface area contributed by atoms with E-state index in [2.05, 4.69) is 15.5 Å². The third-order valence-corrected chi connectivity index (χ3v) is 2.97. The van der Waals surface area contributed by atoms with E-state index in [4.69, 9.17) is 4.74 Å². The van der Waals surface area contributed by atoms with Crippen LogP contribution < -0.4 is 10.1 Å². The van der Waals surface area contributed by atoms with Gasteiger partial charge in [0.05, 0.1) is 11.7 Å².